The Hall–Kier alpha value is -0.160. The number of aliphatic hydroxyl groups excluding tert-OH is 1. The van der Waals surface area contributed by atoms with Gasteiger partial charge in [-0.15, -0.1) is 0 Å². The van der Waals surface area contributed by atoms with Crippen LogP contribution in [0.15, 0.2) is 0 Å². The van der Waals surface area contributed by atoms with E-state index in [4.69, 9.17) is 9.84 Å². The molecule has 0 aromatic carbocycles. The van der Waals surface area contributed by atoms with E-state index in [1.165, 1.54) is 45.4 Å². The smallest absolute Gasteiger partial charge is 0.0701 e. The van der Waals surface area contributed by atoms with E-state index in [0.717, 1.165) is 25.9 Å². The molecule has 2 aliphatic heterocycles. The third kappa shape index (κ3) is 4.84. The summed E-state index contributed by atoms with van der Waals surface area (Å²) in [5.41, 5.74) is 0. The molecule has 4 nitrogen and oxygen atoms in total. The van der Waals surface area contributed by atoms with Crippen molar-refractivity contribution in [3.8, 4) is 0 Å². The number of piperidine rings is 2. The summed E-state index contributed by atoms with van der Waals surface area (Å²) in [6.07, 6.45) is 6.82. The zero-order chi connectivity index (χ0) is 12.6. The molecule has 2 saturated heterocycles. The van der Waals surface area contributed by atoms with E-state index in [2.05, 4.69) is 9.80 Å². The van der Waals surface area contributed by atoms with Crippen LogP contribution in [-0.4, -0.2) is 73.5 Å². The van der Waals surface area contributed by atoms with Gasteiger partial charge < -0.3 is 19.6 Å². The largest absolute Gasteiger partial charge is 0.394 e. The Morgan fingerprint density at radius 3 is 2.11 bits per heavy atom. The quantitative estimate of drug-likeness (QED) is 0.767. The Morgan fingerprint density at radius 2 is 1.50 bits per heavy atom. The highest BCUT2D eigenvalue weighted by atomic mass is 16.5. The predicted molar refractivity (Wildman–Crippen MR) is 72.8 cm³/mol. The van der Waals surface area contributed by atoms with Gasteiger partial charge in [0.15, 0.2) is 0 Å². The molecule has 0 aromatic rings. The monoisotopic (exact) mass is 256 g/mol. The highest BCUT2D eigenvalue weighted by molar-refractivity contribution is 4.74. The number of aliphatic hydroxyl groups is 1. The van der Waals surface area contributed by atoms with Crippen molar-refractivity contribution in [3.63, 3.8) is 0 Å². The van der Waals surface area contributed by atoms with E-state index in [-0.39, 0.29) is 6.61 Å². The zero-order valence-electron chi connectivity index (χ0n) is 11.5. The Balaban J connectivity index is 1.55. The van der Waals surface area contributed by atoms with Crippen LogP contribution in [0.5, 0.6) is 0 Å². The second-order valence-corrected chi connectivity index (χ2v) is 5.54. The SMILES string of the molecule is OCCOC1CCN(CCN2CCCCC2)CC1. The van der Waals surface area contributed by atoms with Crippen LogP contribution < -0.4 is 0 Å². The van der Waals surface area contributed by atoms with Gasteiger partial charge in [0.25, 0.3) is 0 Å². The second kappa shape index (κ2) is 8.10. The van der Waals surface area contributed by atoms with Crippen LogP contribution >= 0.6 is 0 Å². The maximum absolute atomic E-state index is 8.74. The molecule has 2 fully saturated rings. The third-order valence-electron chi connectivity index (χ3n) is 4.16. The van der Waals surface area contributed by atoms with Crippen molar-refractivity contribution < 1.29 is 9.84 Å². The third-order valence-corrected chi connectivity index (χ3v) is 4.16. The lowest BCUT2D eigenvalue weighted by molar-refractivity contribution is -0.00904. The predicted octanol–water partition coefficient (Wildman–Crippen LogP) is 0.946. The standard InChI is InChI=1S/C14H28N2O2/c17-12-13-18-14-4-8-16(9-5-14)11-10-15-6-2-1-3-7-15/h14,17H,1-13H2. The summed E-state index contributed by atoms with van der Waals surface area (Å²) in [6, 6.07) is 0. The average molecular weight is 256 g/mol. The molecule has 2 rings (SSSR count). The number of likely N-dealkylation sites (tertiary alicyclic amines) is 2. The van der Waals surface area contributed by atoms with Crippen molar-refractivity contribution in [2.45, 2.75) is 38.2 Å². The van der Waals surface area contributed by atoms with Gasteiger partial charge >= 0.3 is 0 Å². The van der Waals surface area contributed by atoms with Gasteiger partial charge in [-0.3, -0.25) is 0 Å². The fourth-order valence-electron chi connectivity index (χ4n) is 2.98. The first-order valence-electron chi connectivity index (χ1n) is 7.55. The van der Waals surface area contributed by atoms with Gasteiger partial charge in [0, 0.05) is 26.2 Å². The number of hydrogen-bond acceptors (Lipinski definition) is 4. The molecule has 2 aliphatic rings. The molecular weight excluding hydrogens is 228 g/mol. The molecule has 2 heterocycles. The molecule has 0 saturated carbocycles. The van der Waals surface area contributed by atoms with E-state index in [9.17, 15) is 0 Å². The van der Waals surface area contributed by atoms with Crippen molar-refractivity contribution >= 4 is 0 Å². The number of rotatable bonds is 6. The van der Waals surface area contributed by atoms with Crippen molar-refractivity contribution in [1.82, 2.24) is 9.80 Å². The highest BCUT2D eigenvalue weighted by Crippen LogP contribution is 2.14. The molecule has 18 heavy (non-hydrogen) atoms. The minimum absolute atomic E-state index is 0.148. The fraction of sp³-hybridized carbons (Fsp3) is 1.00. The molecule has 0 unspecified atom stereocenters. The van der Waals surface area contributed by atoms with E-state index >= 15 is 0 Å². The zero-order valence-corrected chi connectivity index (χ0v) is 11.5. The lowest BCUT2D eigenvalue weighted by atomic mass is 10.1. The van der Waals surface area contributed by atoms with Crippen LogP contribution in [0, 0.1) is 0 Å². The molecule has 0 radical (unpaired) electrons. The van der Waals surface area contributed by atoms with Gasteiger partial charge in [-0.2, -0.15) is 0 Å². The Labute approximate surface area is 111 Å². The summed E-state index contributed by atoms with van der Waals surface area (Å²) in [7, 11) is 0. The Bertz CT molecular complexity index is 212. The first-order valence-corrected chi connectivity index (χ1v) is 7.55. The number of nitrogens with zero attached hydrogens (tertiary/aromatic N) is 2. The molecule has 4 heteroatoms. The maximum Gasteiger partial charge on any atom is 0.0701 e. The minimum atomic E-state index is 0.148. The summed E-state index contributed by atoms with van der Waals surface area (Å²) in [6.45, 7) is 8.02. The van der Waals surface area contributed by atoms with Gasteiger partial charge in [0.1, 0.15) is 0 Å². The molecule has 0 spiro atoms. The number of ether oxygens (including phenoxy) is 1. The van der Waals surface area contributed by atoms with E-state index in [0.29, 0.717) is 12.7 Å². The van der Waals surface area contributed by atoms with Crippen LogP contribution in [-0.2, 0) is 4.74 Å². The van der Waals surface area contributed by atoms with Crippen molar-refractivity contribution in [2.75, 3.05) is 52.5 Å². The topological polar surface area (TPSA) is 35.9 Å². The van der Waals surface area contributed by atoms with Crippen molar-refractivity contribution in [1.29, 1.82) is 0 Å². The molecule has 106 valence electrons. The molecule has 0 aromatic heterocycles. The first-order chi connectivity index (χ1) is 8.88. The molecule has 0 atom stereocenters. The summed E-state index contributed by atoms with van der Waals surface area (Å²) in [5, 5.41) is 8.74. The Kier molecular flexibility index (Phi) is 6.41. The number of hydrogen-bond donors (Lipinski definition) is 1. The molecule has 1 N–H and O–H groups in total. The van der Waals surface area contributed by atoms with Crippen LogP contribution in [0.1, 0.15) is 32.1 Å². The molecule has 0 amide bonds. The highest BCUT2D eigenvalue weighted by Gasteiger charge is 2.20. The van der Waals surface area contributed by atoms with Crippen LogP contribution in [0.3, 0.4) is 0 Å². The molecule has 0 bridgehead atoms. The van der Waals surface area contributed by atoms with Crippen LogP contribution in [0.2, 0.25) is 0 Å². The van der Waals surface area contributed by atoms with Gasteiger partial charge in [0.2, 0.25) is 0 Å². The first kappa shape index (κ1) is 14.3. The second-order valence-electron chi connectivity index (χ2n) is 5.54. The van der Waals surface area contributed by atoms with Gasteiger partial charge in [-0.25, -0.2) is 0 Å². The summed E-state index contributed by atoms with van der Waals surface area (Å²) < 4.78 is 5.59. The summed E-state index contributed by atoms with van der Waals surface area (Å²) >= 11 is 0. The van der Waals surface area contributed by atoms with Crippen molar-refractivity contribution in [2.24, 2.45) is 0 Å². The van der Waals surface area contributed by atoms with Gasteiger partial charge in [-0.05, 0) is 38.8 Å². The summed E-state index contributed by atoms with van der Waals surface area (Å²) in [4.78, 5) is 5.17. The summed E-state index contributed by atoms with van der Waals surface area (Å²) in [5.74, 6) is 0. The maximum atomic E-state index is 8.74. The molecule has 0 aliphatic carbocycles. The lowest BCUT2D eigenvalue weighted by Crippen LogP contribution is -2.42. The minimum Gasteiger partial charge on any atom is -0.394 e. The van der Waals surface area contributed by atoms with Gasteiger partial charge in [0.05, 0.1) is 19.3 Å². The normalized spacial score (nSPS) is 24.5. The fourth-order valence-corrected chi connectivity index (χ4v) is 2.98. The van der Waals surface area contributed by atoms with E-state index in [1.807, 2.05) is 0 Å². The van der Waals surface area contributed by atoms with Crippen molar-refractivity contribution in [3.05, 3.63) is 0 Å². The van der Waals surface area contributed by atoms with Crippen LogP contribution in [0.4, 0.5) is 0 Å². The van der Waals surface area contributed by atoms with E-state index in [1.54, 1.807) is 0 Å². The van der Waals surface area contributed by atoms with Crippen LogP contribution in [0.25, 0.3) is 0 Å². The average Bonchev–Trinajstić information content (AvgIpc) is 2.45. The Morgan fingerprint density at radius 1 is 0.889 bits per heavy atom. The molecular formula is C14H28N2O2. The lowest BCUT2D eigenvalue weighted by Gasteiger charge is -2.34. The van der Waals surface area contributed by atoms with Gasteiger partial charge in [-0.1, -0.05) is 6.42 Å². The van der Waals surface area contributed by atoms with E-state index < -0.39 is 0 Å².